The number of ether oxygens (including phenoxy) is 1. The van der Waals surface area contributed by atoms with Crippen molar-refractivity contribution in [2.45, 2.75) is 20.8 Å². The molecule has 0 spiro atoms. The number of amidine groups is 1. The summed E-state index contributed by atoms with van der Waals surface area (Å²) in [6, 6.07) is 12.1. The molecule has 1 saturated heterocycles. The van der Waals surface area contributed by atoms with Gasteiger partial charge in [-0.1, -0.05) is 26.0 Å². The first-order chi connectivity index (χ1) is 14.8. The molecular formula is C23H23BrN2O4S. The van der Waals surface area contributed by atoms with E-state index in [0.717, 1.165) is 15.8 Å². The van der Waals surface area contributed by atoms with E-state index in [4.69, 9.17) is 4.74 Å². The number of carbonyl (C=O) groups is 2. The Morgan fingerprint density at radius 1 is 1.29 bits per heavy atom. The molecule has 2 aromatic carbocycles. The molecule has 8 heteroatoms. The summed E-state index contributed by atoms with van der Waals surface area (Å²) in [6.45, 7) is 7.15. The molecule has 1 aliphatic rings. The fourth-order valence-electron chi connectivity index (χ4n) is 2.82. The number of carboxylic acid groups (broad SMARTS) is 1. The van der Waals surface area contributed by atoms with E-state index in [1.807, 2.05) is 31.2 Å². The first-order valence-corrected chi connectivity index (χ1v) is 11.4. The van der Waals surface area contributed by atoms with Crippen molar-refractivity contribution in [1.29, 1.82) is 0 Å². The maximum atomic E-state index is 12.9. The van der Waals surface area contributed by atoms with Crippen molar-refractivity contribution in [3.63, 3.8) is 0 Å². The van der Waals surface area contributed by atoms with Crippen LogP contribution in [-0.2, 0) is 4.79 Å². The average Bonchev–Trinajstić information content (AvgIpc) is 3.01. The van der Waals surface area contributed by atoms with Crippen molar-refractivity contribution in [3.05, 3.63) is 63.0 Å². The van der Waals surface area contributed by atoms with Crippen LogP contribution in [0.1, 0.15) is 36.7 Å². The number of nitrogens with zero attached hydrogens (tertiary/aromatic N) is 2. The van der Waals surface area contributed by atoms with Crippen molar-refractivity contribution in [3.8, 4) is 5.75 Å². The van der Waals surface area contributed by atoms with Crippen LogP contribution in [0.4, 0.5) is 5.69 Å². The average molecular weight is 503 g/mol. The number of likely N-dealkylation sites (N-methyl/N-ethyl adjacent to an activating group) is 1. The molecule has 2 aromatic rings. The number of halogens is 1. The number of aliphatic imine (C=N–C) groups is 1. The smallest absolute Gasteiger partial charge is 0.335 e. The molecule has 0 aliphatic carbocycles. The van der Waals surface area contributed by atoms with Crippen LogP contribution >= 0.6 is 27.7 Å². The molecule has 1 N–H and O–H groups in total. The molecular weight excluding hydrogens is 480 g/mol. The molecule has 0 radical (unpaired) electrons. The van der Waals surface area contributed by atoms with Gasteiger partial charge in [0.2, 0.25) is 0 Å². The van der Waals surface area contributed by atoms with Crippen LogP contribution in [0.25, 0.3) is 6.08 Å². The van der Waals surface area contributed by atoms with Gasteiger partial charge < -0.3 is 9.84 Å². The van der Waals surface area contributed by atoms with E-state index in [9.17, 15) is 14.7 Å². The van der Waals surface area contributed by atoms with Crippen molar-refractivity contribution in [2.24, 2.45) is 10.9 Å². The van der Waals surface area contributed by atoms with Crippen molar-refractivity contribution in [2.75, 3.05) is 13.2 Å². The summed E-state index contributed by atoms with van der Waals surface area (Å²) in [5, 5.41) is 9.70. The van der Waals surface area contributed by atoms with Crippen molar-refractivity contribution >= 4 is 56.5 Å². The van der Waals surface area contributed by atoms with Crippen molar-refractivity contribution in [1.82, 2.24) is 4.90 Å². The van der Waals surface area contributed by atoms with Gasteiger partial charge in [0.05, 0.1) is 27.2 Å². The molecule has 0 saturated carbocycles. The third-order valence-electron chi connectivity index (χ3n) is 4.35. The number of amides is 1. The maximum absolute atomic E-state index is 12.9. The lowest BCUT2D eigenvalue weighted by Crippen LogP contribution is -2.28. The zero-order valence-electron chi connectivity index (χ0n) is 17.5. The molecule has 0 aromatic heterocycles. The fourth-order valence-corrected chi connectivity index (χ4v) is 4.39. The molecule has 3 rings (SSSR count). The lowest BCUT2D eigenvalue weighted by atomic mass is 10.2. The van der Waals surface area contributed by atoms with Gasteiger partial charge >= 0.3 is 5.97 Å². The van der Waals surface area contributed by atoms with Crippen LogP contribution < -0.4 is 4.74 Å². The molecule has 6 nitrogen and oxygen atoms in total. The number of carboxylic acids is 1. The normalized spacial score (nSPS) is 16.5. The number of thioether (sulfide) groups is 1. The van der Waals surface area contributed by atoms with Crippen LogP contribution in [0.2, 0.25) is 0 Å². The van der Waals surface area contributed by atoms with E-state index in [-0.39, 0.29) is 11.5 Å². The minimum Gasteiger partial charge on any atom is -0.492 e. The van der Waals surface area contributed by atoms with Gasteiger partial charge in [-0.3, -0.25) is 9.69 Å². The van der Waals surface area contributed by atoms with E-state index in [0.29, 0.717) is 34.8 Å². The van der Waals surface area contributed by atoms with Crippen LogP contribution in [-0.4, -0.2) is 40.2 Å². The molecule has 1 heterocycles. The number of carbonyl (C=O) groups excluding carboxylic acids is 1. The third-order valence-corrected chi connectivity index (χ3v) is 5.97. The van der Waals surface area contributed by atoms with Crippen LogP contribution in [0.5, 0.6) is 5.75 Å². The number of benzene rings is 2. The van der Waals surface area contributed by atoms with Gasteiger partial charge in [0, 0.05) is 6.54 Å². The summed E-state index contributed by atoms with van der Waals surface area (Å²) in [4.78, 5) is 30.7. The van der Waals surface area contributed by atoms with Gasteiger partial charge in [-0.2, -0.15) is 0 Å². The quantitative estimate of drug-likeness (QED) is 0.483. The largest absolute Gasteiger partial charge is 0.492 e. The standard InChI is InChI=1S/C23H23BrN2O4S/c1-4-26-21(27)20(11-15-8-9-19(18(24)10-15)30-13-14(2)3)31-23(26)25-17-7-5-6-16(12-17)22(28)29/h5-12,14H,4,13H2,1-3H3,(H,28,29)/b20-11+,25-23?. The Morgan fingerprint density at radius 2 is 2.06 bits per heavy atom. The highest BCUT2D eigenvalue weighted by atomic mass is 79.9. The summed E-state index contributed by atoms with van der Waals surface area (Å²) in [7, 11) is 0. The minimum absolute atomic E-state index is 0.128. The highest BCUT2D eigenvalue weighted by Gasteiger charge is 2.32. The molecule has 31 heavy (non-hydrogen) atoms. The Labute approximate surface area is 194 Å². The summed E-state index contributed by atoms with van der Waals surface area (Å²) >= 11 is 4.81. The molecule has 0 unspecified atom stereocenters. The number of hydrogen-bond acceptors (Lipinski definition) is 5. The van der Waals surface area contributed by atoms with E-state index in [2.05, 4.69) is 34.8 Å². The first-order valence-electron chi connectivity index (χ1n) is 9.84. The Balaban J connectivity index is 1.86. The fraction of sp³-hybridized carbons (Fsp3) is 0.261. The second kappa shape index (κ2) is 10.2. The highest BCUT2D eigenvalue weighted by Crippen LogP contribution is 2.35. The van der Waals surface area contributed by atoms with Gasteiger partial charge in [0.25, 0.3) is 5.91 Å². The van der Waals surface area contributed by atoms with E-state index >= 15 is 0 Å². The topological polar surface area (TPSA) is 79.2 Å². The zero-order chi connectivity index (χ0) is 22.5. The molecule has 162 valence electrons. The Bertz CT molecular complexity index is 1070. The van der Waals surface area contributed by atoms with Gasteiger partial charge in [-0.15, -0.1) is 0 Å². The minimum atomic E-state index is -1.02. The van der Waals surface area contributed by atoms with E-state index in [1.54, 1.807) is 17.0 Å². The predicted molar refractivity (Wildman–Crippen MR) is 128 cm³/mol. The summed E-state index contributed by atoms with van der Waals surface area (Å²) in [5.74, 6) is 0.0422. The molecule has 1 amide bonds. The second-order valence-corrected chi connectivity index (χ2v) is 9.17. The number of aromatic carboxylic acids is 1. The SMILES string of the molecule is CCN1C(=O)/C(=C\c2ccc(OCC(C)C)c(Br)c2)SC1=Nc1cccc(C(=O)O)c1. The second-order valence-electron chi connectivity index (χ2n) is 7.30. The van der Waals surface area contributed by atoms with Gasteiger partial charge in [0.1, 0.15) is 5.75 Å². The number of rotatable bonds is 7. The van der Waals surface area contributed by atoms with Gasteiger partial charge in [0.15, 0.2) is 5.17 Å². The molecule has 1 aliphatic heterocycles. The number of hydrogen-bond donors (Lipinski definition) is 1. The van der Waals surface area contributed by atoms with Gasteiger partial charge in [-0.25, -0.2) is 9.79 Å². The van der Waals surface area contributed by atoms with Crippen molar-refractivity contribution < 1.29 is 19.4 Å². The van der Waals surface area contributed by atoms with Gasteiger partial charge in [-0.05, 0) is 82.5 Å². The summed E-state index contributed by atoms with van der Waals surface area (Å²) < 4.78 is 6.60. The first kappa shape index (κ1) is 23.1. The Morgan fingerprint density at radius 3 is 2.71 bits per heavy atom. The van der Waals surface area contributed by atoms with E-state index < -0.39 is 5.97 Å². The molecule has 1 fully saturated rings. The van der Waals surface area contributed by atoms with E-state index in [1.165, 1.54) is 23.9 Å². The summed E-state index contributed by atoms with van der Waals surface area (Å²) in [5.41, 5.74) is 1.51. The molecule has 0 atom stereocenters. The monoisotopic (exact) mass is 502 g/mol. The Kier molecular flexibility index (Phi) is 7.56. The molecule has 0 bridgehead atoms. The van der Waals surface area contributed by atoms with Crippen LogP contribution in [0.3, 0.4) is 0 Å². The zero-order valence-corrected chi connectivity index (χ0v) is 19.9. The lowest BCUT2D eigenvalue weighted by Gasteiger charge is -2.12. The summed E-state index contributed by atoms with van der Waals surface area (Å²) in [6.07, 6.45) is 1.82. The third kappa shape index (κ3) is 5.77. The lowest BCUT2D eigenvalue weighted by molar-refractivity contribution is -0.122. The van der Waals surface area contributed by atoms with Crippen LogP contribution in [0, 0.1) is 5.92 Å². The van der Waals surface area contributed by atoms with Crippen LogP contribution in [0.15, 0.2) is 56.8 Å². The highest BCUT2D eigenvalue weighted by molar-refractivity contribution is 9.10. The predicted octanol–water partition coefficient (Wildman–Crippen LogP) is 5.81. The Hall–Kier alpha value is -2.58. The maximum Gasteiger partial charge on any atom is 0.335 e.